The minimum atomic E-state index is -0.758. The fraction of sp³-hybridized carbons (Fsp3) is 0.385. The largest absolute Gasteiger partial charge is 0.361 e. The first-order chi connectivity index (χ1) is 8.18. The number of rotatable bonds is 5. The van der Waals surface area contributed by atoms with E-state index in [1.807, 2.05) is 13.1 Å². The molecule has 4 heteroatoms. The number of para-hydroxylation sites is 1. The zero-order valence-corrected chi connectivity index (χ0v) is 11.0. The highest BCUT2D eigenvalue weighted by atomic mass is 32.2. The molecule has 1 aromatic carbocycles. The first-order valence-electron chi connectivity index (χ1n) is 5.76. The first kappa shape index (κ1) is 12.3. The van der Waals surface area contributed by atoms with Gasteiger partial charge < -0.3 is 10.3 Å². The topological polar surface area (TPSA) is 44.9 Å². The van der Waals surface area contributed by atoms with Gasteiger partial charge in [0.15, 0.2) is 0 Å². The fourth-order valence-corrected chi connectivity index (χ4v) is 2.18. The van der Waals surface area contributed by atoms with Gasteiger partial charge in [-0.1, -0.05) is 18.2 Å². The molecule has 0 fully saturated rings. The van der Waals surface area contributed by atoms with Crippen LogP contribution in [0, 0.1) is 0 Å². The zero-order valence-electron chi connectivity index (χ0n) is 10.2. The average Bonchev–Trinajstić information content (AvgIpc) is 2.77. The maximum atomic E-state index is 11.2. The van der Waals surface area contributed by atoms with Gasteiger partial charge in [0, 0.05) is 47.1 Å². The first-order valence-corrected chi connectivity index (χ1v) is 7.38. The number of benzene rings is 1. The van der Waals surface area contributed by atoms with E-state index in [0.29, 0.717) is 0 Å². The quantitative estimate of drug-likeness (QED) is 0.853. The lowest BCUT2D eigenvalue weighted by Crippen LogP contribution is -2.27. The van der Waals surface area contributed by atoms with Gasteiger partial charge in [-0.25, -0.2) is 0 Å². The van der Waals surface area contributed by atoms with E-state index in [2.05, 4.69) is 34.6 Å². The van der Waals surface area contributed by atoms with E-state index < -0.39 is 10.8 Å². The van der Waals surface area contributed by atoms with Crippen LogP contribution in [0.15, 0.2) is 30.5 Å². The molecule has 3 nitrogen and oxygen atoms in total. The van der Waals surface area contributed by atoms with Crippen LogP contribution in [0.3, 0.4) is 0 Å². The van der Waals surface area contributed by atoms with Crippen molar-refractivity contribution in [1.82, 2.24) is 10.3 Å². The van der Waals surface area contributed by atoms with Gasteiger partial charge in [0.25, 0.3) is 0 Å². The number of hydrogen-bond acceptors (Lipinski definition) is 2. The molecule has 0 radical (unpaired) electrons. The number of H-pyrrole nitrogens is 1. The van der Waals surface area contributed by atoms with Gasteiger partial charge in [-0.05, 0) is 23.9 Å². The lowest BCUT2D eigenvalue weighted by atomic mass is 10.1. The van der Waals surface area contributed by atoms with Crippen molar-refractivity contribution in [2.45, 2.75) is 18.7 Å². The third kappa shape index (κ3) is 2.96. The second kappa shape index (κ2) is 5.47. The minimum Gasteiger partial charge on any atom is -0.361 e. The van der Waals surface area contributed by atoms with Gasteiger partial charge >= 0.3 is 0 Å². The molecule has 2 N–H and O–H groups in total. The molecule has 0 saturated carbocycles. The van der Waals surface area contributed by atoms with Crippen molar-refractivity contribution in [3.63, 3.8) is 0 Å². The summed E-state index contributed by atoms with van der Waals surface area (Å²) in [4.78, 5) is 3.25. The normalized spacial score (nSPS) is 14.9. The number of fused-ring (bicyclic) bond motifs is 1. The maximum absolute atomic E-state index is 11.2. The molecule has 17 heavy (non-hydrogen) atoms. The Balaban J connectivity index is 1.99. The Morgan fingerprint density at radius 3 is 3.00 bits per heavy atom. The molecule has 1 aromatic heterocycles. The summed E-state index contributed by atoms with van der Waals surface area (Å²) in [6.45, 7) is 3.58. The molecule has 0 amide bonds. The minimum absolute atomic E-state index is 0.192. The van der Waals surface area contributed by atoms with Crippen LogP contribution < -0.4 is 5.32 Å². The average molecular weight is 250 g/mol. The number of nitrogens with one attached hydrogen (secondary N) is 2. The van der Waals surface area contributed by atoms with Crippen molar-refractivity contribution in [2.75, 3.05) is 12.8 Å². The molecule has 2 aromatic rings. The highest BCUT2D eigenvalue weighted by Gasteiger charge is 2.06. The molecule has 92 valence electrons. The van der Waals surface area contributed by atoms with Crippen molar-refractivity contribution in [1.29, 1.82) is 0 Å². The lowest BCUT2D eigenvalue weighted by molar-refractivity contribution is 0.648. The van der Waals surface area contributed by atoms with E-state index >= 15 is 0 Å². The summed E-state index contributed by atoms with van der Waals surface area (Å²) in [6, 6.07) is 8.34. The summed E-state index contributed by atoms with van der Waals surface area (Å²) in [7, 11) is -0.758. The van der Waals surface area contributed by atoms with E-state index in [1.165, 1.54) is 16.5 Å². The molecule has 0 aliphatic carbocycles. The predicted octanol–water partition coefficient (Wildman–Crippen LogP) is 2.02. The summed E-state index contributed by atoms with van der Waals surface area (Å²) >= 11 is 0. The van der Waals surface area contributed by atoms with E-state index in [9.17, 15) is 4.21 Å². The third-order valence-electron chi connectivity index (χ3n) is 2.99. The van der Waals surface area contributed by atoms with Crippen molar-refractivity contribution in [3.05, 3.63) is 36.0 Å². The Hall–Kier alpha value is -1.13. The van der Waals surface area contributed by atoms with Gasteiger partial charge in [-0.2, -0.15) is 0 Å². The Morgan fingerprint density at radius 1 is 1.41 bits per heavy atom. The predicted molar refractivity (Wildman–Crippen MR) is 73.5 cm³/mol. The van der Waals surface area contributed by atoms with Crippen LogP contribution in [0.25, 0.3) is 10.9 Å². The Labute approximate surface area is 104 Å². The van der Waals surface area contributed by atoms with Crippen LogP contribution in [0.4, 0.5) is 0 Å². The summed E-state index contributed by atoms with van der Waals surface area (Å²) < 4.78 is 11.2. The van der Waals surface area contributed by atoms with Crippen molar-refractivity contribution < 1.29 is 4.21 Å². The molecule has 2 unspecified atom stereocenters. The maximum Gasteiger partial charge on any atom is 0.0499 e. The standard InChI is InChI=1S/C13H18N2OS/c1-10(17(2)16)8-14-9-12-5-3-4-11-6-7-15-13(11)12/h3-7,10,14-15H,8-9H2,1-2H3. The number of aromatic nitrogens is 1. The Morgan fingerprint density at radius 2 is 2.24 bits per heavy atom. The SMILES string of the molecule is CC(CNCc1cccc2cc[nH]c12)S(C)=O. The van der Waals surface area contributed by atoms with Gasteiger partial charge in [-0.15, -0.1) is 0 Å². The van der Waals surface area contributed by atoms with Crippen LogP contribution in [0.1, 0.15) is 12.5 Å². The van der Waals surface area contributed by atoms with Crippen LogP contribution in [0.2, 0.25) is 0 Å². The van der Waals surface area contributed by atoms with Crippen molar-refractivity contribution in [2.24, 2.45) is 0 Å². The van der Waals surface area contributed by atoms with Crippen LogP contribution in [0.5, 0.6) is 0 Å². The highest BCUT2D eigenvalue weighted by Crippen LogP contribution is 2.16. The summed E-state index contributed by atoms with van der Waals surface area (Å²) in [5, 5.41) is 4.78. The van der Waals surface area contributed by atoms with Crippen molar-refractivity contribution in [3.8, 4) is 0 Å². The van der Waals surface area contributed by atoms with Gasteiger partial charge in [-0.3, -0.25) is 4.21 Å². The molecule has 0 saturated heterocycles. The van der Waals surface area contributed by atoms with Crippen LogP contribution >= 0.6 is 0 Å². The molecule has 2 atom stereocenters. The molecule has 0 spiro atoms. The zero-order chi connectivity index (χ0) is 12.3. The summed E-state index contributed by atoms with van der Waals surface area (Å²) in [5.74, 6) is 0. The summed E-state index contributed by atoms with van der Waals surface area (Å²) in [6.07, 6.45) is 3.70. The molecular formula is C13H18N2OS. The second-order valence-corrected chi connectivity index (χ2v) is 6.10. The molecule has 0 aliphatic rings. The van der Waals surface area contributed by atoms with E-state index in [4.69, 9.17) is 0 Å². The smallest absolute Gasteiger partial charge is 0.0499 e. The monoisotopic (exact) mass is 250 g/mol. The van der Waals surface area contributed by atoms with Crippen molar-refractivity contribution >= 4 is 21.7 Å². The second-order valence-electron chi connectivity index (χ2n) is 4.30. The number of hydrogen-bond donors (Lipinski definition) is 2. The van der Waals surface area contributed by atoms with Gasteiger partial charge in [0.2, 0.25) is 0 Å². The van der Waals surface area contributed by atoms with E-state index in [1.54, 1.807) is 6.26 Å². The third-order valence-corrected chi connectivity index (χ3v) is 4.29. The molecule has 1 heterocycles. The van der Waals surface area contributed by atoms with E-state index in [-0.39, 0.29) is 5.25 Å². The Bertz CT molecular complexity index is 521. The number of aromatic amines is 1. The van der Waals surface area contributed by atoms with Crippen LogP contribution in [-0.2, 0) is 17.3 Å². The molecule has 0 aliphatic heterocycles. The molecular weight excluding hydrogens is 232 g/mol. The van der Waals surface area contributed by atoms with Crippen LogP contribution in [-0.4, -0.2) is 27.2 Å². The fourth-order valence-electron chi connectivity index (χ4n) is 1.82. The van der Waals surface area contributed by atoms with Gasteiger partial charge in [0.1, 0.15) is 0 Å². The lowest BCUT2D eigenvalue weighted by Gasteiger charge is -2.10. The Kier molecular flexibility index (Phi) is 3.97. The molecule has 2 rings (SSSR count). The highest BCUT2D eigenvalue weighted by molar-refractivity contribution is 7.84. The van der Waals surface area contributed by atoms with E-state index in [0.717, 1.165) is 13.1 Å². The molecule has 0 bridgehead atoms. The van der Waals surface area contributed by atoms with Gasteiger partial charge in [0.05, 0.1) is 0 Å². The summed E-state index contributed by atoms with van der Waals surface area (Å²) in [5.41, 5.74) is 2.44.